The molecule has 2 heterocycles. The summed E-state index contributed by atoms with van der Waals surface area (Å²) in [5, 5.41) is 14.7. The van der Waals surface area contributed by atoms with Crippen molar-refractivity contribution >= 4 is 45.9 Å². The van der Waals surface area contributed by atoms with E-state index in [1.807, 2.05) is 43.3 Å². The fraction of sp³-hybridized carbons (Fsp3) is 0.0588. The molecule has 0 fully saturated rings. The van der Waals surface area contributed by atoms with Crippen LogP contribution >= 0.6 is 11.6 Å². The van der Waals surface area contributed by atoms with Gasteiger partial charge in [-0.25, -0.2) is 14.6 Å². The number of aromatic nitrogens is 4. The van der Waals surface area contributed by atoms with Crippen LogP contribution in [0.15, 0.2) is 53.2 Å². The Kier molecular flexibility index (Phi) is 3.91. The fourth-order valence-electron chi connectivity index (χ4n) is 2.32. The molecule has 124 valence electrons. The minimum Gasteiger partial charge on any atom is -0.337 e. The maximum Gasteiger partial charge on any atom is 0.245 e. The summed E-state index contributed by atoms with van der Waals surface area (Å²) in [7, 11) is 0. The second-order valence-corrected chi connectivity index (χ2v) is 5.84. The first-order valence-corrected chi connectivity index (χ1v) is 7.92. The van der Waals surface area contributed by atoms with E-state index in [2.05, 4.69) is 30.9 Å². The van der Waals surface area contributed by atoms with Gasteiger partial charge in [0.05, 0.1) is 0 Å². The van der Waals surface area contributed by atoms with Gasteiger partial charge in [0.1, 0.15) is 0 Å². The van der Waals surface area contributed by atoms with Crippen molar-refractivity contribution in [1.82, 2.24) is 20.3 Å². The highest BCUT2D eigenvalue weighted by Crippen LogP contribution is 2.28. The second-order valence-electron chi connectivity index (χ2n) is 5.40. The lowest BCUT2D eigenvalue weighted by Gasteiger charge is -2.13. The standard InChI is InChI=1S/C17H13ClN6O/c1-10-4-2-3-5-13(10)20-15-14(19-12-8-6-11(18)7-9-12)21-16-17(22-15)24-25-23-16/h2-9H,1H3,(H,19,21,23)(H,20,22,24). The van der Waals surface area contributed by atoms with Gasteiger partial charge in [0, 0.05) is 16.4 Å². The third-order valence-corrected chi connectivity index (χ3v) is 3.87. The molecule has 0 radical (unpaired) electrons. The monoisotopic (exact) mass is 352 g/mol. The van der Waals surface area contributed by atoms with E-state index in [1.165, 1.54) is 0 Å². The molecule has 8 heteroatoms. The second kappa shape index (κ2) is 6.37. The molecule has 7 nitrogen and oxygen atoms in total. The molecule has 0 bridgehead atoms. The van der Waals surface area contributed by atoms with Crippen LogP contribution in [0.1, 0.15) is 5.56 Å². The van der Waals surface area contributed by atoms with E-state index in [0.717, 1.165) is 16.9 Å². The molecule has 0 aliphatic carbocycles. The molecule has 2 aromatic heterocycles. The van der Waals surface area contributed by atoms with E-state index in [9.17, 15) is 0 Å². The van der Waals surface area contributed by atoms with E-state index >= 15 is 0 Å². The molecule has 0 spiro atoms. The Bertz CT molecular complexity index is 1030. The van der Waals surface area contributed by atoms with Crippen molar-refractivity contribution in [2.75, 3.05) is 10.6 Å². The van der Waals surface area contributed by atoms with Crippen LogP contribution in [0.3, 0.4) is 0 Å². The van der Waals surface area contributed by atoms with Crippen molar-refractivity contribution < 1.29 is 4.63 Å². The highest BCUT2D eigenvalue weighted by Gasteiger charge is 2.14. The summed E-state index contributed by atoms with van der Waals surface area (Å²) < 4.78 is 4.72. The number of fused-ring (bicyclic) bond motifs is 1. The predicted octanol–water partition coefficient (Wildman–Crippen LogP) is 4.46. The SMILES string of the molecule is Cc1ccccc1Nc1nc2nonc2nc1Nc1ccc(Cl)cc1. The molecule has 4 rings (SSSR count). The smallest absolute Gasteiger partial charge is 0.245 e. The van der Waals surface area contributed by atoms with E-state index in [-0.39, 0.29) is 0 Å². The Labute approximate surface area is 148 Å². The van der Waals surface area contributed by atoms with Gasteiger partial charge in [-0.05, 0) is 53.1 Å². The van der Waals surface area contributed by atoms with Crippen molar-refractivity contribution in [3.63, 3.8) is 0 Å². The van der Waals surface area contributed by atoms with Crippen LogP contribution < -0.4 is 10.6 Å². The number of aryl methyl sites for hydroxylation is 1. The van der Waals surface area contributed by atoms with Gasteiger partial charge in [-0.1, -0.05) is 29.8 Å². The minimum absolute atomic E-state index is 0.326. The number of benzene rings is 2. The number of halogens is 1. The molecule has 4 aromatic rings. The first-order chi connectivity index (χ1) is 12.2. The number of para-hydroxylation sites is 1. The van der Waals surface area contributed by atoms with Gasteiger partial charge in [-0.15, -0.1) is 0 Å². The predicted molar refractivity (Wildman–Crippen MR) is 96.6 cm³/mol. The van der Waals surface area contributed by atoms with Crippen LogP contribution in [0.5, 0.6) is 0 Å². The molecule has 0 unspecified atom stereocenters. The Morgan fingerprint density at radius 3 is 2.16 bits per heavy atom. The summed E-state index contributed by atoms with van der Waals surface area (Å²) in [6, 6.07) is 15.2. The number of nitrogens with one attached hydrogen (secondary N) is 2. The Hall–Kier alpha value is -3.19. The third-order valence-electron chi connectivity index (χ3n) is 3.62. The van der Waals surface area contributed by atoms with Gasteiger partial charge < -0.3 is 10.6 Å². The van der Waals surface area contributed by atoms with Gasteiger partial charge >= 0.3 is 0 Å². The van der Waals surface area contributed by atoms with Crippen molar-refractivity contribution in [1.29, 1.82) is 0 Å². The van der Waals surface area contributed by atoms with Gasteiger partial charge in [0.25, 0.3) is 0 Å². The quantitative estimate of drug-likeness (QED) is 0.560. The van der Waals surface area contributed by atoms with E-state index in [0.29, 0.717) is 28.0 Å². The summed E-state index contributed by atoms with van der Waals surface area (Å²) >= 11 is 5.94. The summed E-state index contributed by atoms with van der Waals surface area (Å²) in [4.78, 5) is 8.90. The molecule has 0 saturated carbocycles. The lowest BCUT2D eigenvalue weighted by Crippen LogP contribution is -2.04. The van der Waals surface area contributed by atoms with Gasteiger partial charge in [0.15, 0.2) is 11.6 Å². The number of anilines is 4. The summed E-state index contributed by atoms with van der Waals surface area (Å²) in [6.07, 6.45) is 0. The lowest BCUT2D eigenvalue weighted by atomic mass is 10.2. The first kappa shape index (κ1) is 15.3. The molecule has 0 atom stereocenters. The molecule has 0 aliphatic rings. The van der Waals surface area contributed by atoms with E-state index in [4.69, 9.17) is 16.2 Å². The van der Waals surface area contributed by atoms with Crippen LogP contribution in [-0.4, -0.2) is 20.3 Å². The molecular weight excluding hydrogens is 340 g/mol. The van der Waals surface area contributed by atoms with Crippen LogP contribution in [0.25, 0.3) is 11.3 Å². The molecule has 2 aromatic carbocycles. The maximum absolute atomic E-state index is 5.94. The van der Waals surface area contributed by atoms with E-state index in [1.54, 1.807) is 12.1 Å². The van der Waals surface area contributed by atoms with Crippen LogP contribution in [0, 0.1) is 6.92 Å². The van der Waals surface area contributed by atoms with Crippen LogP contribution in [0.2, 0.25) is 5.02 Å². The van der Waals surface area contributed by atoms with Crippen molar-refractivity contribution in [2.24, 2.45) is 0 Å². The lowest BCUT2D eigenvalue weighted by molar-refractivity contribution is 0.314. The van der Waals surface area contributed by atoms with Crippen LogP contribution in [-0.2, 0) is 0 Å². The van der Waals surface area contributed by atoms with Crippen molar-refractivity contribution in [2.45, 2.75) is 6.92 Å². The van der Waals surface area contributed by atoms with Gasteiger partial charge in [0.2, 0.25) is 11.3 Å². The number of hydrogen-bond acceptors (Lipinski definition) is 7. The van der Waals surface area contributed by atoms with Crippen LogP contribution in [0.4, 0.5) is 23.0 Å². The number of rotatable bonds is 4. The molecule has 0 amide bonds. The summed E-state index contributed by atoms with van der Waals surface area (Å²) in [5.41, 5.74) is 3.48. The number of hydrogen-bond donors (Lipinski definition) is 2. The topological polar surface area (TPSA) is 88.8 Å². The molecular formula is C17H13ClN6O. The molecule has 0 aliphatic heterocycles. The minimum atomic E-state index is 0.326. The molecule has 0 saturated heterocycles. The highest BCUT2D eigenvalue weighted by molar-refractivity contribution is 6.30. The van der Waals surface area contributed by atoms with Crippen molar-refractivity contribution in [3.05, 3.63) is 59.1 Å². The Balaban J connectivity index is 1.75. The molecule has 2 N–H and O–H groups in total. The zero-order valence-electron chi connectivity index (χ0n) is 13.2. The zero-order chi connectivity index (χ0) is 17.2. The first-order valence-electron chi connectivity index (χ1n) is 7.54. The third kappa shape index (κ3) is 3.22. The van der Waals surface area contributed by atoms with Gasteiger partial charge in [-0.2, -0.15) is 0 Å². The normalized spacial score (nSPS) is 10.8. The fourth-order valence-corrected chi connectivity index (χ4v) is 2.45. The summed E-state index contributed by atoms with van der Waals surface area (Å²) in [6.45, 7) is 2.01. The average Bonchev–Trinajstić information content (AvgIpc) is 3.06. The van der Waals surface area contributed by atoms with Crippen molar-refractivity contribution in [3.8, 4) is 0 Å². The highest BCUT2D eigenvalue weighted by atomic mass is 35.5. The Morgan fingerprint density at radius 2 is 1.48 bits per heavy atom. The average molecular weight is 353 g/mol. The number of nitrogens with zero attached hydrogens (tertiary/aromatic N) is 4. The van der Waals surface area contributed by atoms with Gasteiger partial charge in [-0.3, -0.25) is 0 Å². The molecule has 25 heavy (non-hydrogen) atoms. The largest absolute Gasteiger partial charge is 0.337 e. The zero-order valence-corrected chi connectivity index (χ0v) is 13.9. The van der Waals surface area contributed by atoms with E-state index < -0.39 is 0 Å². The summed E-state index contributed by atoms with van der Waals surface area (Å²) in [5.74, 6) is 1.03. The Morgan fingerprint density at radius 1 is 0.840 bits per heavy atom. The maximum atomic E-state index is 5.94.